The predicted molar refractivity (Wildman–Crippen MR) is 117 cm³/mol. The fraction of sp³-hybridized carbons (Fsp3) is 0.292. The molecule has 0 radical (unpaired) electrons. The maximum Gasteiger partial charge on any atom is 0.239 e. The molecule has 1 aromatic heterocycles. The van der Waals surface area contributed by atoms with Crippen LogP contribution in [-0.4, -0.2) is 32.5 Å². The highest BCUT2D eigenvalue weighted by molar-refractivity contribution is 5.93. The Bertz CT molecular complexity index is 1270. The lowest BCUT2D eigenvalue weighted by molar-refractivity contribution is 0.269. The van der Waals surface area contributed by atoms with Crippen molar-refractivity contribution < 1.29 is 28.5 Å². The first kappa shape index (κ1) is 20.7. The average Bonchev–Trinajstić information content (AvgIpc) is 3.21. The van der Waals surface area contributed by atoms with Gasteiger partial charge in [-0.3, -0.25) is 4.79 Å². The number of rotatable bonds is 5. The molecule has 0 saturated heterocycles. The Kier molecular flexibility index (Phi) is 5.05. The summed E-state index contributed by atoms with van der Waals surface area (Å²) in [6, 6.07) is 4.67. The Morgan fingerprint density at radius 3 is 2.48 bits per heavy atom. The van der Waals surface area contributed by atoms with Crippen LogP contribution in [0, 0.1) is 6.92 Å². The van der Waals surface area contributed by atoms with E-state index in [1.54, 1.807) is 12.1 Å². The minimum absolute atomic E-state index is 0.0248. The highest BCUT2D eigenvalue weighted by atomic mass is 16.5. The first-order chi connectivity index (χ1) is 14.8. The van der Waals surface area contributed by atoms with Crippen LogP contribution in [0.25, 0.3) is 22.3 Å². The van der Waals surface area contributed by atoms with E-state index in [-0.39, 0.29) is 34.5 Å². The highest BCUT2D eigenvalue weighted by Gasteiger charge is 2.33. The molecule has 0 spiro atoms. The number of hydrogen-bond acceptors (Lipinski definition) is 7. The summed E-state index contributed by atoms with van der Waals surface area (Å²) in [6.45, 7) is 7.74. The number of aryl methyl sites for hydroxylation is 1. The fourth-order valence-corrected chi connectivity index (χ4v) is 3.98. The zero-order valence-electron chi connectivity index (χ0n) is 18.1. The van der Waals surface area contributed by atoms with E-state index in [1.807, 2.05) is 13.8 Å². The van der Waals surface area contributed by atoms with E-state index in [2.05, 4.69) is 6.58 Å². The van der Waals surface area contributed by atoms with E-state index in [9.17, 15) is 9.90 Å². The zero-order valence-corrected chi connectivity index (χ0v) is 18.1. The summed E-state index contributed by atoms with van der Waals surface area (Å²) in [4.78, 5) is 13.5. The van der Waals surface area contributed by atoms with E-state index >= 15 is 0 Å². The number of benzene rings is 2. The number of hydrogen-bond donors (Lipinski definition) is 1. The Hall–Kier alpha value is -3.61. The van der Waals surface area contributed by atoms with Crippen LogP contribution in [0.1, 0.15) is 18.1 Å². The van der Waals surface area contributed by atoms with Gasteiger partial charge in [-0.25, -0.2) is 0 Å². The molecule has 1 unspecified atom stereocenters. The molecule has 162 valence electrons. The Morgan fingerprint density at radius 2 is 1.87 bits per heavy atom. The third kappa shape index (κ3) is 3.08. The topological polar surface area (TPSA) is 87.4 Å². The zero-order chi connectivity index (χ0) is 22.4. The maximum absolute atomic E-state index is 13.5. The molecular formula is C24H24O7. The van der Waals surface area contributed by atoms with Crippen molar-refractivity contribution in [1.82, 2.24) is 0 Å². The highest BCUT2D eigenvalue weighted by Crippen LogP contribution is 2.47. The summed E-state index contributed by atoms with van der Waals surface area (Å²) in [5, 5.41) is 10.2. The Morgan fingerprint density at radius 1 is 1.16 bits per heavy atom. The van der Waals surface area contributed by atoms with E-state index in [4.69, 9.17) is 23.4 Å². The second-order valence-corrected chi connectivity index (χ2v) is 7.51. The molecule has 7 nitrogen and oxygen atoms in total. The Labute approximate surface area is 179 Å². The number of fused-ring (bicyclic) bond motifs is 2. The number of phenols is 1. The largest absolute Gasteiger partial charge is 0.504 e. The van der Waals surface area contributed by atoms with Gasteiger partial charge in [-0.05, 0) is 37.6 Å². The van der Waals surface area contributed by atoms with Gasteiger partial charge in [-0.1, -0.05) is 6.58 Å². The van der Waals surface area contributed by atoms with Gasteiger partial charge < -0.3 is 28.5 Å². The van der Waals surface area contributed by atoms with Crippen molar-refractivity contribution in [3.05, 3.63) is 51.7 Å². The van der Waals surface area contributed by atoms with Crippen LogP contribution >= 0.6 is 0 Å². The van der Waals surface area contributed by atoms with Crippen molar-refractivity contribution in [2.45, 2.75) is 26.4 Å². The monoisotopic (exact) mass is 424 g/mol. The number of ether oxygens (including phenoxy) is 4. The first-order valence-electron chi connectivity index (χ1n) is 9.75. The lowest BCUT2D eigenvalue weighted by Crippen LogP contribution is -2.13. The van der Waals surface area contributed by atoms with E-state index in [0.717, 1.165) is 11.1 Å². The minimum atomic E-state index is -0.354. The van der Waals surface area contributed by atoms with Gasteiger partial charge in [-0.15, -0.1) is 0 Å². The van der Waals surface area contributed by atoms with Gasteiger partial charge in [0.1, 0.15) is 28.6 Å². The molecule has 1 aliphatic heterocycles. The molecule has 1 atom stereocenters. The van der Waals surface area contributed by atoms with Crippen LogP contribution in [-0.2, 0) is 6.42 Å². The summed E-state index contributed by atoms with van der Waals surface area (Å²) in [5.41, 5.74) is 2.91. The van der Waals surface area contributed by atoms with Crippen LogP contribution in [0.2, 0.25) is 0 Å². The van der Waals surface area contributed by atoms with E-state index in [1.165, 1.54) is 27.4 Å². The normalized spacial score (nSPS) is 14.8. The smallest absolute Gasteiger partial charge is 0.239 e. The first-order valence-corrected chi connectivity index (χ1v) is 9.75. The van der Waals surface area contributed by atoms with Gasteiger partial charge in [-0.2, -0.15) is 0 Å². The van der Waals surface area contributed by atoms with Crippen LogP contribution in [0.5, 0.6) is 28.7 Å². The number of aromatic hydroxyl groups is 1. The van der Waals surface area contributed by atoms with Crippen molar-refractivity contribution >= 4 is 11.0 Å². The predicted octanol–water partition coefficient (Wildman–Crippen LogP) is 4.38. The molecule has 3 aromatic rings. The molecule has 2 aromatic carbocycles. The molecule has 1 N–H and O–H groups in total. The van der Waals surface area contributed by atoms with E-state index < -0.39 is 0 Å². The molecule has 0 amide bonds. The van der Waals surface area contributed by atoms with Crippen LogP contribution in [0.15, 0.2) is 39.6 Å². The lowest BCUT2D eigenvalue weighted by Gasteiger charge is -2.16. The second kappa shape index (κ2) is 7.58. The van der Waals surface area contributed by atoms with Gasteiger partial charge in [0, 0.05) is 23.1 Å². The molecule has 0 saturated carbocycles. The summed E-state index contributed by atoms with van der Waals surface area (Å²) in [6.07, 6.45) is 0.362. The molecular weight excluding hydrogens is 400 g/mol. The van der Waals surface area contributed by atoms with Crippen molar-refractivity contribution in [3.8, 4) is 40.1 Å². The standard InChI is InChI=1S/C24H24O7/c1-11(2)16-10-14-20(30-16)12(3)21-18(23(14)28-5)19(26)24(29-6)22(31-21)13-7-8-15(25)17(9-13)27-4/h7-9,16,25H,1,10H2,2-6H3. The Balaban J connectivity index is 2.07. The quantitative estimate of drug-likeness (QED) is 0.608. The average molecular weight is 424 g/mol. The van der Waals surface area contributed by atoms with Crippen LogP contribution in [0.3, 0.4) is 0 Å². The van der Waals surface area contributed by atoms with E-state index in [0.29, 0.717) is 40.0 Å². The molecule has 0 bridgehead atoms. The molecule has 0 aliphatic carbocycles. The third-order valence-corrected chi connectivity index (χ3v) is 5.58. The van der Waals surface area contributed by atoms with Gasteiger partial charge in [0.05, 0.1) is 21.3 Å². The molecule has 0 fully saturated rings. The second-order valence-electron chi connectivity index (χ2n) is 7.51. The van der Waals surface area contributed by atoms with Gasteiger partial charge in [0.15, 0.2) is 17.3 Å². The SMILES string of the molecule is C=C(C)C1Cc2c(c(C)c3oc(-c4ccc(O)c(OC)c4)c(OC)c(=O)c3c2OC)O1. The molecule has 4 rings (SSSR count). The van der Waals surface area contributed by atoms with Crippen molar-refractivity contribution in [2.75, 3.05) is 21.3 Å². The minimum Gasteiger partial charge on any atom is -0.504 e. The summed E-state index contributed by atoms with van der Waals surface area (Å²) in [7, 11) is 4.37. The van der Waals surface area contributed by atoms with Gasteiger partial charge >= 0.3 is 0 Å². The van der Waals surface area contributed by atoms with Crippen LogP contribution in [0.4, 0.5) is 0 Å². The summed E-state index contributed by atoms with van der Waals surface area (Å²) < 4.78 is 28.7. The molecule has 7 heteroatoms. The fourth-order valence-electron chi connectivity index (χ4n) is 3.98. The maximum atomic E-state index is 13.5. The third-order valence-electron chi connectivity index (χ3n) is 5.58. The number of phenolic OH excluding ortho intramolecular Hbond substituents is 1. The van der Waals surface area contributed by atoms with Crippen LogP contribution < -0.4 is 24.4 Å². The van der Waals surface area contributed by atoms with Gasteiger partial charge in [0.2, 0.25) is 11.2 Å². The molecule has 31 heavy (non-hydrogen) atoms. The summed E-state index contributed by atoms with van der Waals surface area (Å²) in [5.74, 6) is 1.54. The number of methoxy groups -OCH3 is 3. The summed E-state index contributed by atoms with van der Waals surface area (Å²) >= 11 is 0. The molecule has 1 aliphatic rings. The molecule has 2 heterocycles. The lowest BCUT2D eigenvalue weighted by atomic mass is 9.99. The van der Waals surface area contributed by atoms with Crippen molar-refractivity contribution in [3.63, 3.8) is 0 Å². The van der Waals surface area contributed by atoms with Gasteiger partial charge in [0.25, 0.3) is 0 Å². The van der Waals surface area contributed by atoms with Crippen molar-refractivity contribution in [1.29, 1.82) is 0 Å². The van der Waals surface area contributed by atoms with Crippen molar-refractivity contribution in [2.24, 2.45) is 0 Å².